The van der Waals surface area contributed by atoms with Crippen LogP contribution in [0.4, 0.5) is 0 Å². The average molecular weight is 283 g/mol. The van der Waals surface area contributed by atoms with Crippen molar-refractivity contribution in [2.24, 2.45) is 17.1 Å². The summed E-state index contributed by atoms with van der Waals surface area (Å²) in [7, 11) is 4.11. The van der Waals surface area contributed by atoms with Gasteiger partial charge in [-0.15, -0.1) is 0 Å². The summed E-state index contributed by atoms with van der Waals surface area (Å²) in [5.41, 5.74) is 5.73. The molecular formula is C16H33N3O. The van der Waals surface area contributed by atoms with Crippen LogP contribution in [0.2, 0.25) is 0 Å². The van der Waals surface area contributed by atoms with Gasteiger partial charge in [0.1, 0.15) is 0 Å². The topological polar surface area (TPSA) is 49.6 Å². The molecule has 4 nitrogen and oxygen atoms in total. The number of likely N-dealkylation sites (N-methyl/N-ethyl adjacent to an activating group) is 1. The lowest BCUT2D eigenvalue weighted by molar-refractivity contribution is -0.144. The first-order valence-corrected chi connectivity index (χ1v) is 8.05. The van der Waals surface area contributed by atoms with Crippen molar-refractivity contribution < 1.29 is 4.79 Å². The molecule has 0 heterocycles. The predicted octanol–water partition coefficient (Wildman–Crippen LogP) is 1.94. The van der Waals surface area contributed by atoms with Gasteiger partial charge < -0.3 is 15.5 Å². The van der Waals surface area contributed by atoms with Gasteiger partial charge in [-0.05, 0) is 32.9 Å². The third kappa shape index (κ3) is 4.74. The molecule has 1 rings (SSSR count). The highest BCUT2D eigenvalue weighted by atomic mass is 16.2. The molecule has 0 radical (unpaired) electrons. The van der Waals surface area contributed by atoms with Crippen LogP contribution in [-0.2, 0) is 4.79 Å². The van der Waals surface area contributed by atoms with Crippen LogP contribution in [0.5, 0.6) is 0 Å². The summed E-state index contributed by atoms with van der Waals surface area (Å²) < 4.78 is 0. The van der Waals surface area contributed by atoms with Crippen molar-refractivity contribution in [1.29, 1.82) is 0 Å². The number of carbonyl (C=O) groups excluding carboxylic acids is 1. The van der Waals surface area contributed by atoms with Crippen LogP contribution in [-0.4, -0.2) is 56.0 Å². The second-order valence-electron chi connectivity index (χ2n) is 6.99. The minimum Gasteiger partial charge on any atom is -0.341 e. The van der Waals surface area contributed by atoms with Gasteiger partial charge in [0, 0.05) is 26.2 Å². The van der Waals surface area contributed by atoms with E-state index in [0.717, 1.165) is 45.3 Å². The van der Waals surface area contributed by atoms with Gasteiger partial charge in [0.25, 0.3) is 0 Å². The van der Waals surface area contributed by atoms with E-state index in [1.807, 2.05) is 0 Å². The van der Waals surface area contributed by atoms with Gasteiger partial charge in [-0.2, -0.15) is 0 Å². The molecule has 4 heteroatoms. The zero-order valence-corrected chi connectivity index (χ0v) is 13.8. The number of nitrogens with two attached hydrogens (primary N) is 1. The first-order valence-electron chi connectivity index (χ1n) is 8.05. The van der Waals surface area contributed by atoms with Crippen LogP contribution < -0.4 is 5.73 Å². The third-order valence-corrected chi connectivity index (χ3v) is 4.34. The van der Waals surface area contributed by atoms with Crippen LogP contribution in [0.3, 0.4) is 0 Å². The van der Waals surface area contributed by atoms with E-state index in [9.17, 15) is 4.79 Å². The van der Waals surface area contributed by atoms with E-state index in [0.29, 0.717) is 18.4 Å². The molecule has 1 amide bonds. The minimum absolute atomic E-state index is 0.278. The maximum absolute atomic E-state index is 13.0. The van der Waals surface area contributed by atoms with E-state index < -0.39 is 0 Å². The lowest BCUT2D eigenvalue weighted by atomic mass is 9.73. The zero-order valence-electron chi connectivity index (χ0n) is 13.8. The second kappa shape index (κ2) is 7.99. The number of carbonyl (C=O) groups is 1. The summed E-state index contributed by atoms with van der Waals surface area (Å²) in [6.07, 6.45) is 5.48. The highest BCUT2D eigenvalue weighted by Gasteiger charge is 2.40. The van der Waals surface area contributed by atoms with Gasteiger partial charge in [-0.1, -0.05) is 33.1 Å². The molecule has 0 aromatic rings. The van der Waals surface area contributed by atoms with E-state index in [2.05, 4.69) is 37.7 Å². The van der Waals surface area contributed by atoms with Crippen molar-refractivity contribution in [1.82, 2.24) is 9.80 Å². The van der Waals surface area contributed by atoms with Crippen LogP contribution in [0.1, 0.15) is 46.0 Å². The molecule has 0 saturated heterocycles. The molecule has 2 N–H and O–H groups in total. The van der Waals surface area contributed by atoms with Gasteiger partial charge >= 0.3 is 0 Å². The average Bonchev–Trinajstić information content (AvgIpc) is 2.42. The van der Waals surface area contributed by atoms with E-state index in [1.165, 1.54) is 6.42 Å². The van der Waals surface area contributed by atoms with Crippen LogP contribution >= 0.6 is 0 Å². The van der Waals surface area contributed by atoms with Gasteiger partial charge in [0.2, 0.25) is 5.91 Å². The molecule has 0 atom stereocenters. The van der Waals surface area contributed by atoms with Crippen molar-refractivity contribution in [3.63, 3.8) is 0 Å². The van der Waals surface area contributed by atoms with E-state index >= 15 is 0 Å². The summed E-state index contributed by atoms with van der Waals surface area (Å²) in [5.74, 6) is 0.801. The number of hydrogen-bond donors (Lipinski definition) is 1. The Kier molecular flexibility index (Phi) is 6.96. The standard InChI is InChI=1S/C16H33N3O/c1-14(2)12-19(11-10-18(3)4)15(20)16(13-17)8-6-5-7-9-16/h14H,5-13,17H2,1-4H3. The fourth-order valence-corrected chi connectivity index (χ4v) is 3.11. The molecule has 0 unspecified atom stereocenters. The summed E-state index contributed by atoms with van der Waals surface area (Å²) in [5, 5.41) is 0. The highest BCUT2D eigenvalue weighted by Crippen LogP contribution is 2.37. The quantitative estimate of drug-likeness (QED) is 0.777. The smallest absolute Gasteiger partial charge is 0.230 e. The van der Waals surface area contributed by atoms with E-state index in [1.54, 1.807) is 0 Å². The summed E-state index contributed by atoms with van der Waals surface area (Å²) in [6.45, 7) is 7.42. The Balaban J connectivity index is 2.78. The summed E-state index contributed by atoms with van der Waals surface area (Å²) >= 11 is 0. The molecule has 1 aliphatic carbocycles. The normalized spacial score (nSPS) is 18.6. The maximum atomic E-state index is 13.0. The van der Waals surface area contributed by atoms with Crippen molar-refractivity contribution >= 4 is 5.91 Å². The maximum Gasteiger partial charge on any atom is 0.230 e. The molecular weight excluding hydrogens is 250 g/mol. The molecule has 118 valence electrons. The van der Waals surface area contributed by atoms with Crippen LogP contribution in [0.25, 0.3) is 0 Å². The largest absolute Gasteiger partial charge is 0.341 e. The Morgan fingerprint density at radius 3 is 2.20 bits per heavy atom. The third-order valence-electron chi connectivity index (χ3n) is 4.34. The summed E-state index contributed by atoms with van der Waals surface area (Å²) in [4.78, 5) is 17.2. The first-order chi connectivity index (χ1) is 9.41. The van der Waals surface area contributed by atoms with Crippen molar-refractivity contribution in [2.75, 3.05) is 40.3 Å². The van der Waals surface area contributed by atoms with Gasteiger partial charge in [-0.25, -0.2) is 0 Å². The summed E-state index contributed by atoms with van der Waals surface area (Å²) in [6, 6.07) is 0. The Hall–Kier alpha value is -0.610. The molecule has 0 aromatic heterocycles. The van der Waals surface area contributed by atoms with Crippen LogP contribution in [0.15, 0.2) is 0 Å². The highest BCUT2D eigenvalue weighted by molar-refractivity contribution is 5.83. The Bertz CT molecular complexity index is 296. The lowest BCUT2D eigenvalue weighted by Crippen LogP contribution is -2.51. The zero-order chi connectivity index (χ0) is 15.2. The molecule has 1 saturated carbocycles. The van der Waals surface area contributed by atoms with Gasteiger partial charge in [-0.3, -0.25) is 4.79 Å². The van der Waals surface area contributed by atoms with E-state index in [-0.39, 0.29) is 5.41 Å². The van der Waals surface area contributed by atoms with Crippen LogP contribution in [0, 0.1) is 11.3 Å². The fraction of sp³-hybridized carbons (Fsp3) is 0.938. The van der Waals surface area contributed by atoms with E-state index in [4.69, 9.17) is 5.73 Å². The number of hydrogen-bond acceptors (Lipinski definition) is 3. The number of amides is 1. The second-order valence-corrected chi connectivity index (χ2v) is 6.99. The predicted molar refractivity (Wildman–Crippen MR) is 84.5 cm³/mol. The fourth-order valence-electron chi connectivity index (χ4n) is 3.11. The lowest BCUT2D eigenvalue weighted by Gasteiger charge is -2.40. The van der Waals surface area contributed by atoms with Crippen molar-refractivity contribution in [3.05, 3.63) is 0 Å². The SMILES string of the molecule is CC(C)CN(CCN(C)C)C(=O)C1(CN)CCCCC1. The Morgan fingerprint density at radius 2 is 1.75 bits per heavy atom. The monoisotopic (exact) mass is 283 g/mol. The Morgan fingerprint density at radius 1 is 1.15 bits per heavy atom. The molecule has 0 spiro atoms. The molecule has 1 aliphatic rings. The minimum atomic E-state index is -0.278. The molecule has 0 aliphatic heterocycles. The van der Waals surface area contributed by atoms with Gasteiger partial charge in [0.15, 0.2) is 0 Å². The van der Waals surface area contributed by atoms with Crippen molar-refractivity contribution in [3.8, 4) is 0 Å². The number of rotatable bonds is 7. The molecule has 0 bridgehead atoms. The molecule has 20 heavy (non-hydrogen) atoms. The molecule has 0 aromatic carbocycles. The van der Waals surface area contributed by atoms with Crippen molar-refractivity contribution in [2.45, 2.75) is 46.0 Å². The molecule has 1 fully saturated rings. The van der Waals surface area contributed by atoms with Gasteiger partial charge in [0.05, 0.1) is 5.41 Å². The first kappa shape index (κ1) is 17.4. The Labute approximate surface area is 124 Å². The number of nitrogens with zero attached hydrogens (tertiary/aromatic N) is 2.